The van der Waals surface area contributed by atoms with Crippen LogP contribution in [-0.2, 0) is 26.1 Å². The molecule has 0 amide bonds. The summed E-state index contributed by atoms with van der Waals surface area (Å²) in [4.78, 5) is 0. The number of benzene rings is 1. The van der Waals surface area contributed by atoms with E-state index in [0.717, 1.165) is 31.7 Å². The van der Waals surface area contributed by atoms with E-state index in [1.54, 1.807) is 21.3 Å². The van der Waals surface area contributed by atoms with Crippen LogP contribution in [0.2, 0.25) is 12.6 Å². The van der Waals surface area contributed by atoms with Crippen molar-refractivity contribution in [2.45, 2.75) is 45.2 Å². The predicted molar refractivity (Wildman–Crippen MR) is 86.2 cm³/mol. The van der Waals surface area contributed by atoms with Gasteiger partial charge < -0.3 is 0 Å². The molecule has 116 valence electrons. The van der Waals surface area contributed by atoms with Gasteiger partial charge in [0.25, 0.3) is 0 Å². The normalized spacial score (nSPS) is 13.9. The molecule has 0 fully saturated rings. The van der Waals surface area contributed by atoms with Gasteiger partial charge in [0.1, 0.15) is 0 Å². The average molecular weight is 297 g/mol. The molecule has 0 saturated carbocycles. The molecule has 0 unspecified atom stereocenters. The Morgan fingerprint density at radius 3 is 1.80 bits per heavy atom. The molecule has 0 atom stereocenters. The van der Waals surface area contributed by atoms with Crippen LogP contribution < -0.4 is 0 Å². The second-order valence-electron chi connectivity index (χ2n) is 5.64. The first-order valence-corrected chi connectivity index (χ1v) is 10.4. The second-order valence-corrected chi connectivity index (χ2v) is 10.7. The average Bonchev–Trinajstić information content (AvgIpc) is 2.52. The Bertz CT molecular complexity index is 388. The zero-order valence-electron chi connectivity index (χ0n) is 13.6. The maximum absolute atomic E-state index is 5.61. The van der Waals surface area contributed by atoms with Gasteiger partial charge in [0.15, 0.2) is 0 Å². The van der Waals surface area contributed by atoms with E-state index in [4.69, 9.17) is 13.3 Å². The molecule has 4 heteroatoms. The molecule has 0 radical (unpaired) electrons. The van der Waals surface area contributed by atoms with Crippen LogP contribution in [0, 0.1) is 0 Å². The Kier molecular flexibility index (Phi) is 6.39. The van der Waals surface area contributed by atoms with Gasteiger partial charge in [0.2, 0.25) is 0 Å². The summed E-state index contributed by atoms with van der Waals surface area (Å²) in [6, 6.07) is 9.76. The zero-order chi connectivity index (χ0) is 15.1. The molecule has 0 heterocycles. The van der Waals surface area contributed by atoms with Crippen LogP contribution in [0.1, 0.15) is 30.9 Å². The molecule has 0 aliphatic heterocycles. The number of unbranched alkanes of at least 4 members (excludes halogenated alkanes) is 1. The first-order valence-electron chi connectivity index (χ1n) is 7.43. The van der Waals surface area contributed by atoms with Gasteiger partial charge in [-0.25, -0.2) is 0 Å². The zero-order valence-corrected chi connectivity index (χ0v) is 14.6. The summed E-state index contributed by atoms with van der Waals surface area (Å²) in [6.45, 7) is 4.18. The molecule has 0 aromatic heterocycles. The third kappa shape index (κ3) is 4.41. The summed E-state index contributed by atoms with van der Waals surface area (Å²) < 4.78 is 16.8. The fraction of sp³-hybridized carbons (Fsp3) is 0.625. The van der Waals surface area contributed by atoms with Crippen molar-refractivity contribution in [3.05, 3.63) is 35.4 Å². The van der Waals surface area contributed by atoms with E-state index in [2.05, 4.69) is 31.2 Å². The molecule has 0 N–H and O–H groups in total. The summed E-state index contributed by atoms with van der Waals surface area (Å²) in [7, 11) is 1.95. The monoisotopic (exact) mass is 297 g/mol. The van der Waals surface area contributed by atoms with Crippen molar-refractivity contribution in [2.75, 3.05) is 21.3 Å². The third-order valence-corrected chi connectivity index (χ3v) is 8.98. The van der Waals surface area contributed by atoms with Crippen molar-refractivity contribution in [3.8, 4) is 0 Å². The Morgan fingerprint density at radius 2 is 1.35 bits per heavy atom. The number of aryl methyl sites for hydroxylation is 2. The van der Waals surface area contributed by atoms with Crippen LogP contribution in [-0.4, -0.2) is 29.4 Å². The van der Waals surface area contributed by atoms with Gasteiger partial charge in [-0.3, -0.25) is 0 Å². The predicted octanol–water partition coefficient (Wildman–Crippen LogP) is 4.03. The minimum atomic E-state index is -3.10. The van der Waals surface area contributed by atoms with Gasteiger partial charge in [-0.05, 0) is 0 Å². The number of rotatable bonds is 9. The van der Waals surface area contributed by atoms with E-state index >= 15 is 0 Å². The van der Waals surface area contributed by atoms with Gasteiger partial charge in [0, 0.05) is 0 Å². The Morgan fingerprint density at radius 1 is 0.850 bits per heavy atom. The van der Waals surface area contributed by atoms with Gasteiger partial charge in [0.05, 0.1) is 0 Å². The molecule has 0 spiro atoms. The van der Waals surface area contributed by atoms with Gasteiger partial charge >= 0.3 is 123 Å². The topological polar surface area (TPSA) is 27.7 Å². The Balaban J connectivity index is 2.44. The second kappa shape index (κ2) is 7.36. The van der Waals surface area contributed by atoms with Crippen LogP contribution in [0.25, 0.3) is 0 Å². The summed E-state index contributed by atoms with van der Waals surface area (Å²) in [5.74, 6) is 0. The van der Waals surface area contributed by atoms with E-state index in [9.17, 15) is 0 Å². The fourth-order valence-electron chi connectivity index (χ4n) is 2.35. The van der Waals surface area contributed by atoms with Gasteiger partial charge in [-0.15, -0.1) is 0 Å². The molecular weight excluding hydrogens is 268 g/mol. The number of hydrogen-bond acceptors (Lipinski definition) is 3. The van der Waals surface area contributed by atoms with E-state index in [0.29, 0.717) is 0 Å². The van der Waals surface area contributed by atoms with Crippen molar-refractivity contribution in [2.24, 2.45) is 0 Å². The molecule has 20 heavy (non-hydrogen) atoms. The van der Waals surface area contributed by atoms with Crippen molar-refractivity contribution in [1.82, 2.24) is 0 Å². The summed E-state index contributed by atoms with van der Waals surface area (Å²) in [5, 5.41) is 0. The molecule has 0 aliphatic rings. The Hall–Kier alpha value is -0.683. The van der Waals surface area contributed by atoms with Crippen molar-refractivity contribution < 1.29 is 13.3 Å². The first-order chi connectivity index (χ1) is 9.49. The fourth-order valence-corrected chi connectivity index (χ4v) is 4.49. The SMILES string of the molecule is CCc1ccc(CCCC[Si-](C)(OC)(OC)OC)cc1. The van der Waals surface area contributed by atoms with Crippen molar-refractivity contribution in [1.29, 1.82) is 0 Å². The van der Waals surface area contributed by atoms with Crippen LogP contribution >= 0.6 is 0 Å². The van der Waals surface area contributed by atoms with Gasteiger partial charge in [-0.1, -0.05) is 0 Å². The number of hydrogen-bond donors (Lipinski definition) is 0. The van der Waals surface area contributed by atoms with Crippen molar-refractivity contribution >= 4 is 8.08 Å². The molecule has 1 aromatic rings. The quantitative estimate of drug-likeness (QED) is 0.509. The molecule has 0 aliphatic carbocycles. The van der Waals surface area contributed by atoms with Crippen LogP contribution in [0.15, 0.2) is 24.3 Å². The van der Waals surface area contributed by atoms with Gasteiger partial charge in [-0.2, -0.15) is 0 Å². The Labute approximate surface area is 124 Å². The van der Waals surface area contributed by atoms with E-state index in [1.807, 2.05) is 6.55 Å². The van der Waals surface area contributed by atoms with Crippen LogP contribution in [0.5, 0.6) is 0 Å². The first kappa shape index (κ1) is 17.4. The molecule has 1 rings (SSSR count). The molecule has 3 nitrogen and oxygen atoms in total. The minimum absolute atomic E-state index is 0.858. The van der Waals surface area contributed by atoms with Crippen LogP contribution in [0.3, 0.4) is 0 Å². The summed E-state index contributed by atoms with van der Waals surface area (Å²) in [6.07, 6.45) is 4.37. The molecule has 1 aromatic carbocycles. The van der Waals surface area contributed by atoms with E-state index in [1.165, 1.54) is 11.1 Å². The standard InChI is InChI=1S/C16H29O3Si/c1-6-15-10-12-16(13-11-15)9-7-8-14-20(5,17-2,18-3)19-4/h10-13H,6-9,14H2,1-5H3/q-1. The summed E-state index contributed by atoms with van der Waals surface area (Å²) in [5.41, 5.74) is 2.79. The van der Waals surface area contributed by atoms with Crippen molar-refractivity contribution in [3.63, 3.8) is 0 Å². The molecular formula is C16H29O3Si-. The maximum atomic E-state index is 5.61. The third-order valence-electron chi connectivity index (χ3n) is 4.43. The molecule has 0 saturated heterocycles. The van der Waals surface area contributed by atoms with Crippen LogP contribution in [0.4, 0.5) is 0 Å². The molecule has 0 bridgehead atoms. The van der Waals surface area contributed by atoms with E-state index < -0.39 is 8.08 Å². The van der Waals surface area contributed by atoms with E-state index in [-0.39, 0.29) is 0 Å². The summed E-state index contributed by atoms with van der Waals surface area (Å²) >= 11 is 0.